The van der Waals surface area contributed by atoms with E-state index in [-0.39, 0.29) is 22.0 Å². The number of thiazole rings is 1. The molecule has 19 nitrogen and oxygen atoms in total. The molecule has 5 N–H and O–H groups in total. The molecule has 0 bridgehead atoms. The fourth-order valence-corrected chi connectivity index (χ4v) is 6.27. The number of oxime groups is 1. The number of anilines is 1. The highest BCUT2D eigenvalue weighted by molar-refractivity contribution is 7.86. The monoisotopic (exact) mass is 663 g/mol. The summed E-state index contributed by atoms with van der Waals surface area (Å²) in [6, 6.07) is 1.31. The first-order valence-corrected chi connectivity index (χ1v) is 14.6. The number of aromatic nitrogens is 1. The van der Waals surface area contributed by atoms with Crippen molar-refractivity contribution in [2.75, 3.05) is 11.5 Å². The second-order valence-electron chi connectivity index (χ2n) is 9.76. The number of benzene rings is 1. The number of nitrogen functional groups attached to an aromatic ring is 1. The van der Waals surface area contributed by atoms with Crippen molar-refractivity contribution >= 4 is 74.2 Å². The number of fused-ring (bicyclic) bond motifs is 1. The normalized spacial score (nSPS) is 20.0. The van der Waals surface area contributed by atoms with Crippen molar-refractivity contribution in [3.63, 3.8) is 0 Å². The Bertz CT molecular complexity index is 1780. The van der Waals surface area contributed by atoms with Crippen molar-refractivity contribution in [3.8, 4) is 0 Å². The molecule has 236 valence electrons. The van der Waals surface area contributed by atoms with Gasteiger partial charge in [-0.2, -0.15) is 0 Å². The Balaban J connectivity index is 1.63. The van der Waals surface area contributed by atoms with E-state index in [9.17, 15) is 53.8 Å². The van der Waals surface area contributed by atoms with E-state index in [1.807, 2.05) is 0 Å². The van der Waals surface area contributed by atoms with Gasteiger partial charge in [-0.1, -0.05) is 11.2 Å². The Kier molecular flexibility index (Phi) is 8.77. The van der Waals surface area contributed by atoms with Gasteiger partial charge in [-0.3, -0.25) is 38.9 Å². The molecule has 0 spiro atoms. The zero-order chi connectivity index (χ0) is 33.4. The lowest BCUT2D eigenvalue weighted by atomic mass is 10.0. The summed E-state index contributed by atoms with van der Waals surface area (Å²) in [5, 5.41) is 47.6. The maximum Gasteiger partial charge on any atom is 0.352 e. The number of nitrogens with one attached hydrogen (secondary N) is 1. The first-order valence-electron chi connectivity index (χ1n) is 12.3. The minimum absolute atomic E-state index is 0.0261. The number of rotatable bonds is 11. The largest absolute Gasteiger partial charge is 0.478 e. The summed E-state index contributed by atoms with van der Waals surface area (Å²) in [5.74, 6) is -5.51. The van der Waals surface area contributed by atoms with Crippen molar-refractivity contribution in [1.29, 1.82) is 0 Å². The molecule has 2 aliphatic heterocycles. The second-order valence-corrected chi connectivity index (χ2v) is 12.2. The van der Waals surface area contributed by atoms with Gasteiger partial charge in [0.25, 0.3) is 23.2 Å². The van der Waals surface area contributed by atoms with E-state index in [1.165, 1.54) is 5.38 Å². The maximum absolute atomic E-state index is 13.2. The Morgan fingerprint density at radius 3 is 2.49 bits per heavy atom. The standard InChI is InChI=1S/C24H21N7O12S2/c1-24(2,22(36)37)43-28-15(13-8-44-23(25)26-13)18(32)27-16-19(33)29-17(21(34)35)11(9-45(42)20(16)29)4-3-10-5-6-12(30(38)39)7-14(10)31(40)41/h3-8,16,20H,9H2,1-2H3,(H2,25,26)(H,27,32)(H,34,35)(H,36,37)/t16?,20-,45?/m1/s1. The molecule has 0 radical (unpaired) electrons. The van der Waals surface area contributed by atoms with Gasteiger partial charge >= 0.3 is 11.9 Å². The van der Waals surface area contributed by atoms with Gasteiger partial charge in [0.15, 0.2) is 10.8 Å². The number of aliphatic carboxylic acids is 2. The Labute approximate surface area is 257 Å². The summed E-state index contributed by atoms with van der Waals surface area (Å²) >= 11 is 0.924. The van der Waals surface area contributed by atoms with Crippen LogP contribution in [0.1, 0.15) is 25.1 Å². The van der Waals surface area contributed by atoms with Gasteiger partial charge in [0.2, 0.25) is 5.60 Å². The molecule has 3 heterocycles. The molecule has 4 rings (SSSR count). The van der Waals surface area contributed by atoms with Gasteiger partial charge < -0.3 is 26.1 Å². The van der Waals surface area contributed by atoms with Crippen LogP contribution >= 0.6 is 11.3 Å². The predicted molar refractivity (Wildman–Crippen MR) is 155 cm³/mol. The van der Waals surface area contributed by atoms with Crippen LogP contribution in [0.3, 0.4) is 0 Å². The van der Waals surface area contributed by atoms with Crippen LogP contribution in [0.4, 0.5) is 16.5 Å². The van der Waals surface area contributed by atoms with Crippen molar-refractivity contribution in [2.24, 2.45) is 5.16 Å². The van der Waals surface area contributed by atoms with E-state index in [1.54, 1.807) is 0 Å². The SMILES string of the molecule is CC(C)(ON=C(C(=O)NC1C(=O)N2C(C(=O)O)=C(C=Cc3ccc([N+](=O)[O-])cc3[N+](=O)[O-])CS(=O)[C@H]12)c1csc(N)n1)C(=O)O. The van der Waals surface area contributed by atoms with Crippen molar-refractivity contribution in [1.82, 2.24) is 15.2 Å². The fourth-order valence-electron chi connectivity index (χ4n) is 4.08. The number of nitro benzene ring substituents is 2. The van der Waals surface area contributed by atoms with Crippen LogP contribution in [0, 0.1) is 20.2 Å². The number of carboxylic acid groups (broad SMARTS) is 2. The molecule has 0 saturated carbocycles. The Hall–Kier alpha value is -5.57. The van der Waals surface area contributed by atoms with Crippen molar-refractivity contribution in [3.05, 3.63) is 72.4 Å². The molecule has 1 aromatic heterocycles. The topological polar surface area (TPSA) is 288 Å². The number of amides is 2. The fraction of sp³-hybridized carbons (Fsp3) is 0.250. The molecule has 1 saturated heterocycles. The summed E-state index contributed by atoms with van der Waals surface area (Å²) < 4.78 is 13.2. The number of carbonyl (C=O) groups is 4. The minimum atomic E-state index is -2.01. The van der Waals surface area contributed by atoms with Crippen LogP contribution in [0.25, 0.3) is 6.08 Å². The highest BCUT2D eigenvalue weighted by Gasteiger charge is 2.57. The Morgan fingerprint density at radius 1 is 1.24 bits per heavy atom. The number of nitrogens with two attached hydrogens (primary N) is 1. The van der Waals surface area contributed by atoms with Gasteiger partial charge in [-0.25, -0.2) is 14.6 Å². The first kappa shape index (κ1) is 32.3. The lowest BCUT2D eigenvalue weighted by Gasteiger charge is -2.48. The molecule has 0 aliphatic carbocycles. The van der Waals surface area contributed by atoms with Crippen molar-refractivity contribution < 1.29 is 48.3 Å². The maximum atomic E-state index is 13.2. The van der Waals surface area contributed by atoms with Crippen LogP contribution in [-0.2, 0) is 34.8 Å². The van der Waals surface area contributed by atoms with Crippen LogP contribution in [0.2, 0.25) is 0 Å². The number of non-ortho nitro benzene ring substituents is 1. The van der Waals surface area contributed by atoms with Crippen LogP contribution in [-0.4, -0.2) is 86.4 Å². The highest BCUT2D eigenvalue weighted by atomic mass is 32.2. The third-order valence-electron chi connectivity index (χ3n) is 6.39. The third-order valence-corrected chi connectivity index (χ3v) is 8.68. The molecular weight excluding hydrogens is 642 g/mol. The number of β-lactam (4-membered cyclic amide) rings is 1. The molecule has 21 heteroatoms. The zero-order valence-corrected chi connectivity index (χ0v) is 24.6. The van der Waals surface area contributed by atoms with Gasteiger partial charge in [-0.15, -0.1) is 11.3 Å². The van der Waals surface area contributed by atoms with E-state index in [0.717, 1.165) is 55.5 Å². The summed E-state index contributed by atoms with van der Waals surface area (Å²) in [4.78, 5) is 80.4. The average molecular weight is 664 g/mol. The lowest BCUT2D eigenvalue weighted by Crippen LogP contribution is -2.74. The molecule has 3 atom stereocenters. The number of nitro groups is 2. The summed E-state index contributed by atoms with van der Waals surface area (Å²) in [6.07, 6.45) is 2.20. The first-order chi connectivity index (χ1) is 21.0. The van der Waals surface area contributed by atoms with E-state index >= 15 is 0 Å². The zero-order valence-electron chi connectivity index (χ0n) is 22.9. The second kappa shape index (κ2) is 12.2. The number of allylic oxidation sites excluding steroid dienone is 1. The smallest absolute Gasteiger partial charge is 0.352 e. The van der Waals surface area contributed by atoms with E-state index in [2.05, 4.69) is 15.5 Å². The van der Waals surface area contributed by atoms with Crippen LogP contribution in [0.5, 0.6) is 0 Å². The lowest BCUT2D eigenvalue weighted by molar-refractivity contribution is -0.394. The minimum Gasteiger partial charge on any atom is -0.478 e. The quantitative estimate of drug-likeness (QED) is 0.111. The molecule has 45 heavy (non-hydrogen) atoms. The summed E-state index contributed by atoms with van der Waals surface area (Å²) in [7, 11) is -2.01. The molecular formula is C24H21N7O12S2. The number of hydrogen-bond donors (Lipinski definition) is 4. The van der Waals surface area contributed by atoms with Gasteiger partial charge in [0.1, 0.15) is 22.8 Å². The van der Waals surface area contributed by atoms with E-state index in [0.29, 0.717) is 4.90 Å². The van der Waals surface area contributed by atoms with Gasteiger partial charge in [-0.05, 0) is 31.6 Å². The molecule has 2 unspecified atom stereocenters. The summed E-state index contributed by atoms with van der Waals surface area (Å²) in [5.41, 5.74) is 1.01. The third kappa shape index (κ3) is 6.38. The number of carbonyl (C=O) groups excluding carboxylic acids is 2. The van der Waals surface area contributed by atoms with Crippen molar-refractivity contribution in [2.45, 2.75) is 30.9 Å². The summed E-state index contributed by atoms with van der Waals surface area (Å²) in [6.45, 7) is 2.32. The predicted octanol–water partition coefficient (Wildman–Crippen LogP) is 0.593. The number of carboxylic acids is 2. The number of nitrogens with zero attached hydrogens (tertiary/aromatic N) is 5. The molecule has 1 fully saturated rings. The van der Waals surface area contributed by atoms with E-state index < -0.39 is 90.0 Å². The highest BCUT2D eigenvalue weighted by Crippen LogP contribution is 2.36. The Morgan fingerprint density at radius 2 is 1.93 bits per heavy atom. The van der Waals surface area contributed by atoms with Gasteiger partial charge in [0.05, 0.1) is 38.0 Å². The molecule has 2 aliphatic rings. The number of hydrogen-bond acceptors (Lipinski definition) is 14. The van der Waals surface area contributed by atoms with Gasteiger partial charge in [0, 0.05) is 11.4 Å². The van der Waals surface area contributed by atoms with E-state index in [4.69, 9.17) is 10.6 Å². The molecule has 2 aromatic rings. The molecule has 1 aromatic carbocycles. The van der Waals surface area contributed by atoms with Crippen LogP contribution in [0.15, 0.2) is 46.1 Å². The average Bonchev–Trinajstić information content (AvgIpc) is 3.39. The van der Waals surface area contributed by atoms with Crippen LogP contribution < -0.4 is 11.1 Å². The molecule has 2 amide bonds.